The molecule has 0 heterocycles. The van der Waals surface area contributed by atoms with E-state index in [4.69, 9.17) is 25.2 Å². The lowest BCUT2D eigenvalue weighted by Gasteiger charge is -2.00. The quantitative estimate of drug-likeness (QED) is 0.436. The molecule has 0 aliphatic carbocycles. The maximum Gasteiger partial charge on any atom is 0.164 e. The Morgan fingerprint density at radius 1 is 1.50 bits per heavy atom. The van der Waals surface area contributed by atoms with Crippen LogP contribution in [-0.4, -0.2) is 7.85 Å². The van der Waals surface area contributed by atoms with Crippen molar-refractivity contribution in [2.75, 3.05) is 5.73 Å². The van der Waals surface area contributed by atoms with Gasteiger partial charge in [-0.25, -0.2) is 4.39 Å². The number of hydrogen-bond acceptors (Lipinski definition) is 1. The van der Waals surface area contributed by atoms with Gasteiger partial charge >= 0.3 is 0 Å². The van der Waals surface area contributed by atoms with Gasteiger partial charge in [0, 0.05) is 0 Å². The average Bonchev–Trinajstić information content (AvgIpc) is 1.93. The predicted molar refractivity (Wildman–Crippen MR) is 41.2 cm³/mol. The van der Waals surface area contributed by atoms with Crippen LogP contribution >= 0.6 is 11.6 Å². The Kier molecular flexibility index (Phi) is 1.86. The Bertz CT molecular complexity index is 237. The number of hydrogen-bond donors (Lipinski definition) is 1. The molecule has 0 saturated carbocycles. The van der Waals surface area contributed by atoms with Gasteiger partial charge in [-0.05, 0) is 6.07 Å². The summed E-state index contributed by atoms with van der Waals surface area (Å²) in [6.07, 6.45) is 0. The minimum atomic E-state index is -0.651. The fourth-order valence-corrected chi connectivity index (χ4v) is 0.751. The van der Waals surface area contributed by atoms with Gasteiger partial charge in [-0.15, -0.1) is 0 Å². The maximum absolute atomic E-state index is 12.7. The lowest BCUT2D eigenvalue weighted by atomic mass is 9.96. The van der Waals surface area contributed by atoms with E-state index in [0.717, 1.165) is 0 Å². The van der Waals surface area contributed by atoms with Crippen molar-refractivity contribution in [2.45, 2.75) is 0 Å². The largest absolute Gasteiger partial charge is 0.396 e. The number of anilines is 1. The molecule has 4 heteroatoms. The Morgan fingerprint density at radius 2 is 2.10 bits per heavy atom. The number of nitrogen functional groups attached to an aromatic ring is 1. The van der Waals surface area contributed by atoms with Crippen LogP contribution in [-0.2, 0) is 0 Å². The molecule has 0 saturated heterocycles. The van der Waals surface area contributed by atoms with E-state index in [9.17, 15) is 4.39 Å². The molecule has 0 aliphatic heterocycles. The summed E-state index contributed by atoms with van der Waals surface area (Å²) in [6, 6.07) is 2.83. The van der Waals surface area contributed by atoms with E-state index < -0.39 is 5.82 Å². The summed E-state index contributed by atoms with van der Waals surface area (Å²) in [7, 11) is 5.26. The van der Waals surface area contributed by atoms with Crippen molar-refractivity contribution in [3.05, 3.63) is 23.0 Å². The summed E-state index contributed by atoms with van der Waals surface area (Å²) in [5.41, 5.74) is 5.39. The fourth-order valence-electron chi connectivity index (χ4n) is 0.579. The summed E-state index contributed by atoms with van der Waals surface area (Å²) in [5.74, 6) is -0.651. The van der Waals surface area contributed by atoms with Crippen LogP contribution in [0.15, 0.2) is 12.1 Å². The molecule has 0 fully saturated rings. The number of rotatable bonds is 0. The second-order valence-corrected chi connectivity index (χ2v) is 2.25. The van der Waals surface area contributed by atoms with Crippen molar-refractivity contribution in [3.63, 3.8) is 0 Å². The second kappa shape index (κ2) is 2.50. The maximum atomic E-state index is 12.7. The van der Waals surface area contributed by atoms with Crippen molar-refractivity contribution in [1.29, 1.82) is 0 Å². The van der Waals surface area contributed by atoms with E-state index >= 15 is 0 Å². The highest BCUT2D eigenvalue weighted by molar-refractivity contribution is 6.45. The normalized spacial score (nSPS) is 9.80. The molecule has 1 rings (SSSR count). The van der Waals surface area contributed by atoms with Crippen LogP contribution in [0.25, 0.3) is 0 Å². The molecular formula is C6H4BClFN. The van der Waals surface area contributed by atoms with Crippen molar-refractivity contribution in [3.8, 4) is 0 Å². The number of nitrogens with two attached hydrogens (primary N) is 1. The third kappa shape index (κ3) is 1.09. The SMILES string of the molecule is [B]c1ccc(N)c(F)c1Cl. The molecule has 2 radical (unpaired) electrons. The summed E-state index contributed by atoms with van der Waals surface area (Å²) in [5, 5.41) is -0.111. The molecule has 0 aliphatic rings. The first-order chi connectivity index (χ1) is 4.63. The standard InChI is InChI=1S/C6H4BClFN/c7-3-1-2-4(10)6(9)5(3)8/h1-2H,10H2. The van der Waals surface area contributed by atoms with Crippen LogP contribution in [0, 0.1) is 5.82 Å². The van der Waals surface area contributed by atoms with E-state index in [-0.39, 0.29) is 16.2 Å². The highest BCUT2D eigenvalue weighted by atomic mass is 35.5. The molecule has 0 unspecified atom stereocenters. The summed E-state index contributed by atoms with van der Waals surface area (Å²) in [4.78, 5) is 0. The molecule has 1 aromatic rings. The lowest BCUT2D eigenvalue weighted by Crippen LogP contribution is -2.07. The van der Waals surface area contributed by atoms with E-state index in [1.54, 1.807) is 0 Å². The minimum Gasteiger partial charge on any atom is -0.396 e. The molecule has 0 aromatic heterocycles. The summed E-state index contributed by atoms with van der Waals surface area (Å²) >= 11 is 5.40. The number of benzene rings is 1. The third-order valence-electron chi connectivity index (χ3n) is 1.14. The number of halogens is 2. The van der Waals surface area contributed by atoms with Crippen molar-refractivity contribution in [2.24, 2.45) is 0 Å². The molecule has 1 nitrogen and oxygen atoms in total. The van der Waals surface area contributed by atoms with Gasteiger partial charge in [-0.3, -0.25) is 0 Å². The zero-order valence-electron chi connectivity index (χ0n) is 5.07. The average molecular weight is 155 g/mol. The molecule has 0 amide bonds. The molecular weight excluding hydrogens is 151 g/mol. The van der Waals surface area contributed by atoms with Gasteiger partial charge in [0.15, 0.2) is 5.82 Å². The van der Waals surface area contributed by atoms with Gasteiger partial charge in [0.2, 0.25) is 0 Å². The Labute approximate surface area is 64.4 Å². The summed E-state index contributed by atoms with van der Waals surface area (Å²) in [6.45, 7) is 0. The molecule has 2 N–H and O–H groups in total. The highest BCUT2D eigenvalue weighted by Gasteiger charge is 2.04. The minimum absolute atomic E-state index is 0.0131. The van der Waals surface area contributed by atoms with Crippen molar-refractivity contribution < 1.29 is 4.39 Å². The molecule has 50 valence electrons. The van der Waals surface area contributed by atoms with Crippen LogP contribution < -0.4 is 11.2 Å². The molecule has 10 heavy (non-hydrogen) atoms. The van der Waals surface area contributed by atoms with Gasteiger partial charge in [-0.1, -0.05) is 23.1 Å². The van der Waals surface area contributed by atoms with Crippen molar-refractivity contribution in [1.82, 2.24) is 0 Å². The van der Waals surface area contributed by atoms with E-state index in [2.05, 4.69) is 0 Å². The lowest BCUT2D eigenvalue weighted by molar-refractivity contribution is 0.634. The van der Waals surface area contributed by atoms with Crippen molar-refractivity contribution >= 4 is 30.6 Å². The smallest absolute Gasteiger partial charge is 0.164 e. The van der Waals surface area contributed by atoms with Gasteiger partial charge in [-0.2, -0.15) is 0 Å². The predicted octanol–water partition coefficient (Wildman–Crippen LogP) is 0.855. The first-order valence-electron chi connectivity index (χ1n) is 2.62. The monoisotopic (exact) mass is 155 g/mol. The Hall–Kier alpha value is -0.695. The van der Waals surface area contributed by atoms with Crippen LogP contribution in [0.1, 0.15) is 0 Å². The van der Waals surface area contributed by atoms with E-state index in [1.807, 2.05) is 0 Å². The first kappa shape index (κ1) is 7.41. The Morgan fingerprint density at radius 3 is 2.60 bits per heavy atom. The van der Waals surface area contributed by atoms with E-state index in [1.165, 1.54) is 12.1 Å². The molecule has 0 bridgehead atoms. The molecule has 0 spiro atoms. The topological polar surface area (TPSA) is 26.0 Å². The second-order valence-electron chi connectivity index (χ2n) is 1.87. The van der Waals surface area contributed by atoms with E-state index in [0.29, 0.717) is 0 Å². The highest BCUT2D eigenvalue weighted by Crippen LogP contribution is 2.16. The van der Waals surface area contributed by atoms with Gasteiger partial charge < -0.3 is 5.73 Å². The summed E-state index contributed by atoms with van der Waals surface area (Å²) < 4.78 is 12.7. The molecule has 1 aromatic carbocycles. The van der Waals surface area contributed by atoms with Crippen LogP contribution in [0.5, 0.6) is 0 Å². The molecule has 0 atom stereocenters. The van der Waals surface area contributed by atoms with Crippen LogP contribution in [0.2, 0.25) is 5.02 Å². The zero-order valence-corrected chi connectivity index (χ0v) is 5.82. The van der Waals surface area contributed by atoms with Gasteiger partial charge in [0.05, 0.1) is 10.7 Å². The van der Waals surface area contributed by atoms with Gasteiger partial charge in [0.25, 0.3) is 0 Å². The van der Waals surface area contributed by atoms with Gasteiger partial charge in [0.1, 0.15) is 7.85 Å². The van der Waals surface area contributed by atoms with Crippen LogP contribution in [0.3, 0.4) is 0 Å². The third-order valence-corrected chi connectivity index (χ3v) is 1.53. The van der Waals surface area contributed by atoms with Crippen LogP contribution in [0.4, 0.5) is 10.1 Å². The Balaban J connectivity index is 3.34. The first-order valence-corrected chi connectivity index (χ1v) is 2.99. The zero-order chi connectivity index (χ0) is 7.72. The fraction of sp³-hybridized carbons (Fsp3) is 0.